The van der Waals surface area contributed by atoms with Gasteiger partial charge in [0, 0.05) is 33.6 Å². The molecule has 2 heterocycles. The maximum Gasteiger partial charge on any atom is 0.142 e. The van der Waals surface area contributed by atoms with Gasteiger partial charge < -0.3 is 5.32 Å². The quantitative estimate of drug-likeness (QED) is 0.926. The Morgan fingerprint density at radius 3 is 3.00 bits per heavy atom. The monoisotopic (exact) mass is 287 g/mol. The maximum absolute atomic E-state index is 12.0. The van der Waals surface area contributed by atoms with Crippen molar-refractivity contribution in [1.82, 2.24) is 5.32 Å². The molecule has 0 bridgehead atoms. The van der Waals surface area contributed by atoms with Gasteiger partial charge >= 0.3 is 0 Å². The second-order valence-electron chi connectivity index (χ2n) is 4.12. The van der Waals surface area contributed by atoms with Crippen LogP contribution in [0.3, 0.4) is 0 Å². The van der Waals surface area contributed by atoms with Crippen LogP contribution in [0, 0.1) is 11.8 Å². The van der Waals surface area contributed by atoms with E-state index in [0.717, 1.165) is 22.4 Å². The predicted octanol–water partition coefficient (Wildman–Crippen LogP) is 2.48. The normalized spacial score (nSPS) is 25.7. The van der Waals surface area contributed by atoms with E-state index < -0.39 is 0 Å². The van der Waals surface area contributed by atoms with E-state index in [1.165, 1.54) is 0 Å². The first kappa shape index (κ1) is 11.3. The molecule has 0 aromatic carbocycles. The van der Waals surface area contributed by atoms with E-state index in [9.17, 15) is 4.79 Å². The molecule has 1 aromatic heterocycles. The Balaban J connectivity index is 1.97. The number of ketones is 1. The number of carbonyl (C=O) groups is 1. The highest BCUT2D eigenvalue weighted by atomic mass is 79.9. The van der Waals surface area contributed by atoms with Gasteiger partial charge in [0.25, 0.3) is 0 Å². The van der Waals surface area contributed by atoms with Crippen LogP contribution in [0.25, 0.3) is 0 Å². The lowest BCUT2D eigenvalue weighted by Crippen LogP contribution is -2.22. The molecule has 4 heteroatoms. The molecule has 0 spiro atoms. The zero-order valence-corrected chi connectivity index (χ0v) is 11.0. The van der Waals surface area contributed by atoms with Gasteiger partial charge in [-0.1, -0.05) is 6.92 Å². The minimum absolute atomic E-state index is 0.214. The standard InChI is InChI=1S/C11H14BrNOS/c1-7-4-13-5-10(7)11(14)3-9-2-8(12)6-15-9/h2,6-7,10,13H,3-5H2,1H3. The maximum atomic E-state index is 12.0. The molecule has 1 fully saturated rings. The van der Waals surface area contributed by atoms with E-state index in [0.29, 0.717) is 18.1 Å². The van der Waals surface area contributed by atoms with Crippen LogP contribution in [0.5, 0.6) is 0 Å². The van der Waals surface area contributed by atoms with E-state index in [-0.39, 0.29) is 5.92 Å². The van der Waals surface area contributed by atoms with Crippen LogP contribution >= 0.6 is 27.3 Å². The molecule has 1 aliphatic heterocycles. The molecule has 1 aromatic rings. The third-order valence-corrected chi connectivity index (χ3v) is 4.60. The summed E-state index contributed by atoms with van der Waals surface area (Å²) in [5.41, 5.74) is 0. The van der Waals surface area contributed by atoms with Crippen molar-refractivity contribution in [3.8, 4) is 0 Å². The van der Waals surface area contributed by atoms with Crippen molar-refractivity contribution >= 4 is 33.0 Å². The summed E-state index contributed by atoms with van der Waals surface area (Å²) in [4.78, 5) is 13.1. The molecule has 0 radical (unpaired) electrons. The van der Waals surface area contributed by atoms with Crippen LogP contribution in [0.2, 0.25) is 0 Å². The van der Waals surface area contributed by atoms with Crippen molar-refractivity contribution < 1.29 is 4.79 Å². The molecule has 1 saturated heterocycles. The molecule has 2 atom stereocenters. The number of nitrogens with one attached hydrogen (secondary N) is 1. The van der Waals surface area contributed by atoms with Crippen molar-refractivity contribution in [2.24, 2.45) is 11.8 Å². The SMILES string of the molecule is CC1CNCC1C(=O)Cc1cc(Br)cs1. The summed E-state index contributed by atoms with van der Waals surface area (Å²) in [5.74, 6) is 1.08. The summed E-state index contributed by atoms with van der Waals surface area (Å²) >= 11 is 5.05. The smallest absolute Gasteiger partial charge is 0.142 e. The lowest BCUT2D eigenvalue weighted by atomic mass is 9.92. The molecule has 1 aliphatic rings. The summed E-state index contributed by atoms with van der Waals surface area (Å²) in [7, 11) is 0. The third-order valence-electron chi connectivity index (χ3n) is 2.90. The summed E-state index contributed by atoms with van der Waals surface area (Å²) < 4.78 is 1.08. The summed E-state index contributed by atoms with van der Waals surface area (Å²) in [6.07, 6.45) is 0.590. The first-order chi connectivity index (χ1) is 7.16. The fraction of sp³-hybridized carbons (Fsp3) is 0.545. The Bertz CT molecular complexity index is 363. The van der Waals surface area contributed by atoms with Crippen molar-refractivity contribution in [2.45, 2.75) is 13.3 Å². The summed E-state index contributed by atoms with van der Waals surface area (Å²) in [6.45, 7) is 3.98. The fourth-order valence-corrected chi connectivity index (χ4v) is 3.45. The van der Waals surface area contributed by atoms with Gasteiger partial charge in [0.05, 0.1) is 0 Å². The van der Waals surface area contributed by atoms with E-state index in [2.05, 4.69) is 28.2 Å². The molecule has 2 rings (SSSR count). The molecule has 2 unspecified atom stereocenters. The van der Waals surface area contributed by atoms with Gasteiger partial charge in [0.2, 0.25) is 0 Å². The van der Waals surface area contributed by atoms with E-state index in [4.69, 9.17) is 0 Å². The van der Waals surface area contributed by atoms with Crippen LogP contribution in [0.15, 0.2) is 15.9 Å². The average Bonchev–Trinajstić information content (AvgIpc) is 2.75. The van der Waals surface area contributed by atoms with Crippen LogP contribution in [0.4, 0.5) is 0 Å². The number of carbonyl (C=O) groups excluding carboxylic acids is 1. The Kier molecular flexibility index (Phi) is 3.59. The third kappa shape index (κ3) is 2.68. The first-order valence-electron chi connectivity index (χ1n) is 5.13. The number of halogens is 1. The zero-order chi connectivity index (χ0) is 10.8. The molecule has 1 N–H and O–H groups in total. The number of thiophene rings is 1. The topological polar surface area (TPSA) is 29.1 Å². The Labute approximate surface area is 102 Å². The van der Waals surface area contributed by atoms with Crippen LogP contribution in [-0.4, -0.2) is 18.9 Å². The van der Waals surface area contributed by atoms with Gasteiger partial charge in [-0.2, -0.15) is 0 Å². The van der Waals surface area contributed by atoms with Crippen molar-refractivity contribution in [1.29, 1.82) is 0 Å². The van der Waals surface area contributed by atoms with Gasteiger partial charge in [-0.25, -0.2) is 0 Å². The van der Waals surface area contributed by atoms with E-state index in [1.54, 1.807) is 11.3 Å². The summed E-state index contributed by atoms with van der Waals surface area (Å²) in [5, 5.41) is 5.29. The van der Waals surface area contributed by atoms with Gasteiger partial charge in [0.1, 0.15) is 5.78 Å². The van der Waals surface area contributed by atoms with Crippen molar-refractivity contribution in [3.63, 3.8) is 0 Å². The Morgan fingerprint density at radius 2 is 2.47 bits per heavy atom. The molecular formula is C11H14BrNOS. The zero-order valence-electron chi connectivity index (χ0n) is 8.63. The second-order valence-corrected chi connectivity index (χ2v) is 6.03. The molecule has 82 valence electrons. The van der Waals surface area contributed by atoms with E-state index >= 15 is 0 Å². The predicted molar refractivity (Wildman–Crippen MR) is 66.3 cm³/mol. The molecule has 15 heavy (non-hydrogen) atoms. The fourth-order valence-electron chi connectivity index (χ4n) is 1.99. The van der Waals surface area contributed by atoms with Crippen LogP contribution in [0.1, 0.15) is 11.8 Å². The highest BCUT2D eigenvalue weighted by molar-refractivity contribution is 9.10. The Hall–Kier alpha value is -0.190. The highest BCUT2D eigenvalue weighted by Crippen LogP contribution is 2.23. The van der Waals surface area contributed by atoms with Gasteiger partial charge in [-0.15, -0.1) is 11.3 Å². The second kappa shape index (κ2) is 4.76. The van der Waals surface area contributed by atoms with Crippen LogP contribution < -0.4 is 5.32 Å². The Morgan fingerprint density at radius 1 is 1.67 bits per heavy atom. The highest BCUT2D eigenvalue weighted by Gasteiger charge is 2.29. The van der Waals surface area contributed by atoms with E-state index in [1.807, 2.05) is 11.4 Å². The minimum Gasteiger partial charge on any atom is -0.316 e. The van der Waals surface area contributed by atoms with Crippen molar-refractivity contribution in [3.05, 3.63) is 20.8 Å². The van der Waals surface area contributed by atoms with Gasteiger partial charge in [-0.05, 0) is 34.5 Å². The number of hydrogen-bond acceptors (Lipinski definition) is 3. The number of hydrogen-bond donors (Lipinski definition) is 1. The molecule has 2 nitrogen and oxygen atoms in total. The van der Waals surface area contributed by atoms with Crippen molar-refractivity contribution in [2.75, 3.05) is 13.1 Å². The van der Waals surface area contributed by atoms with Gasteiger partial charge in [-0.3, -0.25) is 4.79 Å². The molecule has 0 amide bonds. The number of Topliss-reactive ketones (excluding diaryl/α,β-unsaturated/α-hetero) is 1. The minimum atomic E-state index is 0.214. The van der Waals surface area contributed by atoms with Crippen LogP contribution in [-0.2, 0) is 11.2 Å². The largest absolute Gasteiger partial charge is 0.316 e. The molecular weight excluding hydrogens is 274 g/mol. The molecule has 0 saturated carbocycles. The lowest BCUT2D eigenvalue weighted by molar-refractivity contribution is -0.122. The first-order valence-corrected chi connectivity index (χ1v) is 6.80. The number of rotatable bonds is 3. The summed E-state index contributed by atoms with van der Waals surface area (Å²) in [6, 6.07) is 2.04. The molecule has 0 aliphatic carbocycles. The van der Waals surface area contributed by atoms with Gasteiger partial charge in [0.15, 0.2) is 0 Å². The lowest BCUT2D eigenvalue weighted by Gasteiger charge is -2.11. The average molecular weight is 288 g/mol.